The third-order valence-electron chi connectivity index (χ3n) is 4.81. The lowest BCUT2D eigenvalue weighted by Crippen LogP contribution is -2.37. The van der Waals surface area contributed by atoms with E-state index in [4.69, 9.17) is 4.74 Å². The van der Waals surface area contributed by atoms with Crippen molar-refractivity contribution >= 4 is 21.6 Å². The Labute approximate surface area is 146 Å². The Hall–Kier alpha value is -1.82. The minimum Gasteiger partial charge on any atom is -0.379 e. The minimum atomic E-state index is 0.413. The molecule has 124 valence electrons. The summed E-state index contributed by atoms with van der Waals surface area (Å²) in [6.45, 7) is 8.07. The Morgan fingerprint density at radius 1 is 1.12 bits per heavy atom. The van der Waals surface area contributed by atoms with Gasteiger partial charge in [0, 0.05) is 30.1 Å². The fourth-order valence-electron chi connectivity index (χ4n) is 3.33. The molecule has 0 N–H and O–H groups in total. The molecule has 1 saturated heterocycles. The molecule has 3 heterocycles. The van der Waals surface area contributed by atoms with Gasteiger partial charge in [-0.2, -0.15) is 0 Å². The van der Waals surface area contributed by atoms with E-state index in [1.165, 1.54) is 16.5 Å². The van der Waals surface area contributed by atoms with Gasteiger partial charge in [0.2, 0.25) is 0 Å². The number of rotatable bonds is 3. The summed E-state index contributed by atoms with van der Waals surface area (Å²) in [7, 11) is 0. The van der Waals surface area contributed by atoms with Crippen LogP contribution in [0, 0.1) is 6.92 Å². The van der Waals surface area contributed by atoms with Gasteiger partial charge in [-0.05, 0) is 30.4 Å². The van der Waals surface area contributed by atoms with Gasteiger partial charge in [-0.25, -0.2) is 9.97 Å². The molecular weight excluding hydrogens is 318 g/mol. The molecule has 4 nitrogen and oxygen atoms in total. The second kappa shape index (κ2) is 6.59. The lowest BCUT2D eigenvalue weighted by atomic mass is 10.0. The van der Waals surface area contributed by atoms with Crippen molar-refractivity contribution in [3.8, 4) is 11.3 Å². The maximum Gasteiger partial charge on any atom is 0.127 e. The summed E-state index contributed by atoms with van der Waals surface area (Å²) in [6, 6.07) is 9.24. The second-order valence-corrected chi connectivity index (χ2v) is 7.13. The van der Waals surface area contributed by atoms with E-state index < -0.39 is 0 Å². The summed E-state index contributed by atoms with van der Waals surface area (Å²) in [6.07, 6.45) is 1.66. The summed E-state index contributed by atoms with van der Waals surface area (Å²) in [5, 5.41) is 3.33. The first-order chi connectivity index (χ1) is 11.7. The number of aromatic nitrogens is 2. The number of fused-ring (bicyclic) bond motifs is 1. The van der Waals surface area contributed by atoms with Crippen molar-refractivity contribution in [1.29, 1.82) is 0 Å². The van der Waals surface area contributed by atoms with Crippen molar-refractivity contribution in [3.05, 3.63) is 47.1 Å². The molecule has 0 saturated carbocycles. The molecule has 0 aliphatic carbocycles. The van der Waals surface area contributed by atoms with Gasteiger partial charge in [-0.15, -0.1) is 11.3 Å². The zero-order chi connectivity index (χ0) is 16.5. The summed E-state index contributed by atoms with van der Waals surface area (Å²) < 4.78 is 5.45. The fraction of sp³-hybridized carbons (Fsp3) is 0.368. The summed E-state index contributed by atoms with van der Waals surface area (Å²) >= 11 is 1.68. The average Bonchev–Trinajstić information content (AvgIpc) is 3.03. The Morgan fingerprint density at radius 2 is 1.88 bits per heavy atom. The highest BCUT2D eigenvalue weighted by Crippen LogP contribution is 2.32. The Morgan fingerprint density at radius 3 is 2.62 bits per heavy atom. The zero-order valence-electron chi connectivity index (χ0n) is 14.0. The van der Waals surface area contributed by atoms with Gasteiger partial charge in [-0.3, -0.25) is 4.90 Å². The van der Waals surface area contributed by atoms with E-state index in [-0.39, 0.29) is 0 Å². The van der Waals surface area contributed by atoms with Gasteiger partial charge < -0.3 is 4.74 Å². The highest BCUT2D eigenvalue weighted by atomic mass is 32.1. The van der Waals surface area contributed by atoms with Crippen LogP contribution in [0.5, 0.6) is 0 Å². The number of nitrogens with zero attached hydrogens (tertiary/aromatic N) is 3. The lowest BCUT2D eigenvalue weighted by molar-refractivity contribution is 0.0198. The highest BCUT2D eigenvalue weighted by molar-refractivity contribution is 7.17. The van der Waals surface area contributed by atoms with Gasteiger partial charge in [-0.1, -0.05) is 24.3 Å². The first-order valence-corrected chi connectivity index (χ1v) is 9.23. The van der Waals surface area contributed by atoms with E-state index in [0.717, 1.165) is 42.4 Å². The van der Waals surface area contributed by atoms with E-state index in [1.54, 1.807) is 17.7 Å². The monoisotopic (exact) mass is 339 g/mol. The molecule has 0 spiro atoms. The van der Waals surface area contributed by atoms with Crippen molar-refractivity contribution in [2.75, 3.05) is 26.3 Å². The van der Waals surface area contributed by atoms with Crippen molar-refractivity contribution < 1.29 is 4.74 Å². The Kier molecular flexibility index (Phi) is 4.31. The smallest absolute Gasteiger partial charge is 0.127 e. The zero-order valence-corrected chi connectivity index (χ0v) is 14.8. The number of hydrogen-bond donors (Lipinski definition) is 0. The van der Waals surface area contributed by atoms with Crippen LogP contribution < -0.4 is 0 Å². The SMILES string of the molecule is Cc1csc2ncnc(-c3ccc([C@H](C)N4CCOCC4)cc3)c12. The van der Waals surface area contributed by atoms with Crippen LogP contribution in [-0.2, 0) is 4.74 Å². The van der Waals surface area contributed by atoms with Crippen LogP contribution in [0.4, 0.5) is 0 Å². The predicted molar refractivity (Wildman–Crippen MR) is 98.4 cm³/mol. The van der Waals surface area contributed by atoms with Gasteiger partial charge >= 0.3 is 0 Å². The van der Waals surface area contributed by atoms with Crippen LogP contribution in [0.25, 0.3) is 21.5 Å². The highest BCUT2D eigenvalue weighted by Gasteiger charge is 2.18. The molecule has 0 bridgehead atoms. The van der Waals surface area contributed by atoms with Gasteiger partial charge in [0.25, 0.3) is 0 Å². The maximum atomic E-state index is 5.45. The van der Waals surface area contributed by atoms with Crippen LogP contribution in [0.1, 0.15) is 24.1 Å². The second-order valence-electron chi connectivity index (χ2n) is 6.27. The number of hydrogen-bond acceptors (Lipinski definition) is 5. The first-order valence-electron chi connectivity index (χ1n) is 8.35. The number of ether oxygens (including phenoxy) is 1. The average molecular weight is 339 g/mol. The molecule has 2 aromatic heterocycles. The molecule has 0 radical (unpaired) electrons. The Bertz CT molecular complexity index is 837. The molecule has 24 heavy (non-hydrogen) atoms. The molecule has 1 aliphatic rings. The predicted octanol–water partition coefficient (Wildman–Crippen LogP) is 4.06. The first kappa shape index (κ1) is 15.7. The lowest BCUT2D eigenvalue weighted by Gasteiger charge is -2.32. The largest absolute Gasteiger partial charge is 0.379 e. The number of morpholine rings is 1. The van der Waals surface area contributed by atoms with Gasteiger partial charge in [0.1, 0.15) is 11.2 Å². The van der Waals surface area contributed by atoms with E-state index in [2.05, 4.69) is 58.4 Å². The van der Waals surface area contributed by atoms with Crippen LogP contribution in [0.2, 0.25) is 0 Å². The van der Waals surface area contributed by atoms with Gasteiger partial charge in [0.15, 0.2) is 0 Å². The van der Waals surface area contributed by atoms with E-state index in [9.17, 15) is 0 Å². The van der Waals surface area contributed by atoms with Gasteiger partial charge in [0.05, 0.1) is 18.9 Å². The molecule has 3 aromatic rings. The number of aryl methyl sites for hydroxylation is 1. The normalized spacial score (nSPS) is 17.2. The topological polar surface area (TPSA) is 38.2 Å². The maximum absolute atomic E-state index is 5.45. The van der Waals surface area contributed by atoms with E-state index >= 15 is 0 Å². The minimum absolute atomic E-state index is 0.413. The Balaban J connectivity index is 1.64. The molecule has 4 rings (SSSR count). The molecule has 1 aliphatic heterocycles. The van der Waals surface area contributed by atoms with Crippen molar-refractivity contribution in [2.24, 2.45) is 0 Å². The number of thiophene rings is 1. The summed E-state index contributed by atoms with van der Waals surface area (Å²) in [5.74, 6) is 0. The van der Waals surface area contributed by atoms with Crippen LogP contribution in [0.3, 0.4) is 0 Å². The van der Waals surface area contributed by atoms with Crippen molar-refractivity contribution in [2.45, 2.75) is 19.9 Å². The number of benzene rings is 1. The van der Waals surface area contributed by atoms with Crippen LogP contribution >= 0.6 is 11.3 Å². The molecule has 5 heteroatoms. The third-order valence-corrected chi connectivity index (χ3v) is 5.82. The molecule has 1 atom stereocenters. The molecule has 0 unspecified atom stereocenters. The molecule has 1 aromatic carbocycles. The standard InChI is InChI=1S/C19H21N3OS/c1-13-11-24-19-17(13)18(20-12-21-19)16-5-3-15(4-6-16)14(2)22-7-9-23-10-8-22/h3-6,11-12,14H,7-10H2,1-2H3/t14-/m0/s1. The summed E-state index contributed by atoms with van der Waals surface area (Å²) in [5.41, 5.74) is 4.77. The molecular formula is C19H21N3OS. The van der Waals surface area contributed by atoms with Crippen molar-refractivity contribution in [3.63, 3.8) is 0 Å². The summed E-state index contributed by atoms with van der Waals surface area (Å²) in [4.78, 5) is 12.5. The quantitative estimate of drug-likeness (QED) is 0.721. The fourth-order valence-corrected chi connectivity index (χ4v) is 4.22. The molecule has 0 amide bonds. The third kappa shape index (κ3) is 2.83. The molecule has 1 fully saturated rings. The van der Waals surface area contributed by atoms with E-state index in [1.807, 2.05) is 0 Å². The van der Waals surface area contributed by atoms with Crippen LogP contribution in [-0.4, -0.2) is 41.2 Å². The van der Waals surface area contributed by atoms with Crippen molar-refractivity contribution in [1.82, 2.24) is 14.9 Å². The van der Waals surface area contributed by atoms with E-state index in [0.29, 0.717) is 6.04 Å². The van der Waals surface area contributed by atoms with Crippen LogP contribution in [0.15, 0.2) is 36.0 Å².